The number of hydrogen-bond donors (Lipinski definition) is 1. The van der Waals surface area contributed by atoms with Crippen molar-refractivity contribution in [1.29, 1.82) is 0 Å². The van der Waals surface area contributed by atoms with E-state index in [4.69, 9.17) is 4.98 Å². The van der Waals surface area contributed by atoms with Gasteiger partial charge < -0.3 is 5.11 Å². The first-order chi connectivity index (χ1) is 20.4. The Morgan fingerprint density at radius 3 is 2.02 bits per heavy atom. The Labute approximate surface area is 245 Å². The number of amides is 2. The largest absolute Gasteiger partial charge is 0.375 e. The van der Waals surface area contributed by atoms with Crippen LogP contribution in [-0.2, 0) is 15.2 Å². The van der Waals surface area contributed by atoms with Crippen LogP contribution in [0.15, 0.2) is 127 Å². The summed E-state index contributed by atoms with van der Waals surface area (Å²) in [4.78, 5) is 38.9. The van der Waals surface area contributed by atoms with Crippen molar-refractivity contribution in [3.05, 3.63) is 149 Å². The number of allylic oxidation sites excluding steroid dienone is 2. The number of carbonyl (C=O) groups excluding carboxylic acids is 2. The van der Waals surface area contributed by atoms with E-state index >= 15 is 0 Å². The second-order valence-corrected chi connectivity index (χ2v) is 11.5. The van der Waals surface area contributed by atoms with Gasteiger partial charge in [-0.15, -0.1) is 0 Å². The molecule has 1 saturated carbocycles. The lowest BCUT2D eigenvalue weighted by Gasteiger charge is -2.36. The molecule has 3 aliphatic rings. The molecule has 1 N–H and O–H groups in total. The minimum atomic E-state index is -1.61. The summed E-state index contributed by atoms with van der Waals surface area (Å²) in [6.45, 7) is 3.75. The van der Waals surface area contributed by atoms with E-state index in [2.05, 4.69) is 4.98 Å². The molecule has 4 aromatic rings. The van der Waals surface area contributed by atoms with Crippen molar-refractivity contribution >= 4 is 17.4 Å². The highest BCUT2D eigenvalue weighted by Gasteiger charge is 2.67. The maximum absolute atomic E-state index is 14.2. The highest BCUT2D eigenvalue weighted by molar-refractivity contribution is 6.08. The van der Waals surface area contributed by atoms with Gasteiger partial charge in [-0.05, 0) is 60.4 Å². The van der Waals surface area contributed by atoms with Crippen LogP contribution in [0, 0.1) is 23.7 Å². The first-order valence-electron chi connectivity index (χ1n) is 14.4. The zero-order valence-corrected chi connectivity index (χ0v) is 23.5. The third kappa shape index (κ3) is 3.75. The number of fused-ring (bicyclic) bond motifs is 5. The summed E-state index contributed by atoms with van der Waals surface area (Å²) in [5.74, 6) is -2.39. The van der Waals surface area contributed by atoms with Crippen LogP contribution < -0.4 is 0 Å². The number of hydrogen-bond acceptors (Lipinski definition) is 5. The molecule has 42 heavy (non-hydrogen) atoms. The Morgan fingerprint density at radius 1 is 0.786 bits per heavy atom. The molecule has 2 aromatic carbocycles. The van der Waals surface area contributed by atoms with Crippen LogP contribution in [0.5, 0.6) is 0 Å². The average molecular weight is 554 g/mol. The quantitative estimate of drug-likeness (QED) is 0.255. The van der Waals surface area contributed by atoms with E-state index in [-0.39, 0.29) is 23.8 Å². The maximum atomic E-state index is 14.2. The van der Waals surface area contributed by atoms with E-state index in [0.29, 0.717) is 16.8 Å². The highest BCUT2D eigenvalue weighted by Crippen LogP contribution is 2.64. The summed E-state index contributed by atoms with van der Waals surface area (Å²) in [5.41, 5.74) is 3.80. The summed E-state index contributed by atoms with van der Waals surface area (Å²) in [7, 11) is 0. The molecule has 6 heteroatoms. The smallest absolute Gasteiger partial charge is 0.234 e. The summed E-state index contributed by atoms with van der Waals surface area (Å²) in [5, 5.41) is 12.9. The summed E-state index contributed by atoms with van der Waals surface area (Å²) in [6, 6.07) is 30.5. The number of nitrogens with zero attached hydrogens (tertiary/aromatic N) is 3. The standard InChI is InChI=1S/C36H31N3O3/c1-22(2)39-34(40)31-25-21-26(36(42,24-15-7-4-8-16-24)28-18-10-12-20-38-28)32(33(31)35(39)41)30(25)29(23-13-5-3-6-14-23)27-17-9-11-19-37-27/h3-22,25,31-33,42H,1-2H3/b30-29-. The van der Waals surface area contributed by atoms with Crippen molar-refractivity contribution in [2.45, 2.75) is 25.5 Å². The van der Waals surface area contributed by atoms with Gasteiger partial charge in [0.05, 0.1) is 23.2 Å². The number of imide groups is 1. The molecule has 5 atom stereocenters. The minimum absolute atomic E-state index is 0.144. The SMILES string of the molecule is CC(C)N1C(=O)C2C3C=C(C(O)(c4ccccc4)c4ccccn4)C(/C3=C(/c3ccccc3)c3ccccn3)C2C1=O. The Morgan fingerprint density at radius 2 is 1.40 bits per heavy atom. The lowest BCUT2D eigenvalue weighted by molar-refractivity contribution is -0.142. The Hall–Kier alpha value is -4.68. The third-order valence-electron chi connectivity index (χ3n) is 9.00. The minimum Gasteiger partial charge on any atom is -0.375 e. The van der Waals surface area contributed by atoms with Crippen LogP contribution in [0.1, 0.15) is 36.4 Å². The van der Waals surface area contributed by atoms with Crippen molar-refractivity contribution in [2.75, 3.05) is 0 Å². The van der Waals surface area contributed by atoms with E-state index in [1.807, 2.05) is 117 Å². The molecule has 1 saturated heterocycles. The fraction of sp³-hybridized carbons (Fsp3) is 0.222. The number of pyridine rings is 2. The summed E-state index contributed by atoms with van der Waals surface area (Å²) in [6.07, 6.45) is 5.48. The normalized spacial score (nSPS) is 25.4. The topological polar surface area (TPSA) is 83.4 Å². The van der Waals surface area contributed by atoms with Gasteiger partial charge >= 0.3 is 0 Å². The van der Waals surface area contributed by atoms with Crippen molar-refractivity contribution in [3.8, 4) is 0 Å². The fourth-order valence-electron chi connectivity index (χ4n) is 7.38. The van der Waals surface area contributed by atoms with Gasteiger partial charge in [-0.3, -0.25) is 24.5 Å². The number of likely N-dealkylation sites (tertiary alicyclic amines) is 1. The van der Waals surface area contributed by atoms with Gasteiger partial charge in [-0.25, -0.2) is 0 Å². The van der Waals surface area contributed by atoms with Crippen LogP contribution in [0.2, 0.25) is 0 Å². The molecule has 5 unspecified atom stereocenters. The molecule has 3 heterocycles. The summed E-state index contributed by atoms with van der Waals surface area (Å²) < 4.78 is 0. The fourth-order valence-corrected chi connectivity index (χ4v) is 7.38. The lowest BCUT2D eigenvalue weighted by atomic mass is 9.71. The van der Waals surface area contributed by atoms with Crippen LogP contribution >= 0.6 is 0 Å². The zero-order chi connectivity index (χ0) is 29.0. The molecule has 2 bridgehead atoms. The average Bonchev–Trinajstić information content (AvgIpc) is 3.65. The van der Waals surface area contributed by atoms with Crippen molar-refractivity contribution in [3.63, 3.8) is 0 Å². The Balaban J connectivity index is 1.53. The maximum Gasteiger partial charge on any atom is 0.234 e. The third-order valence-corrected chi connectivity index (χ3v) is 9.00. The first-order valence-corrected chi connectivity index (χ1v) is 14.4. The number of benzene rings is 2. The van der Waals surface area contributed by atoms with E-state index < -0.39 is 23.4 Å². The second-order valence-electron chi connectivity index (χ2n) is 11.5. The van der Waals surface area contributed by atoms with Gasteiger partial charge in [0.25, 0.3) is 0 Å². The van der Waals surface area contributed by atoms with Gasteiger partial charge in [-0.2, -0.15) is 0 Å². The second kappa shape index (κ2) is 10.00. The molecular weight excluding hydrogens is 522 g/mol. The number of aromatic nitrogens is 2. The van der Waals surface area contributed by atoms with Gasteiger partial charge in [0.1, 0.15) is 0 Å². The molecule has 2 aliphatic carbocycles. The van der Waals surface area contributed by atoms with Gasteiger partial charge in [0.15, 0.2) is 5.60 Å². The van der Waals surface area contributed by atoms with E-state index in [1.165, 1.54) is 4.90 Å². The number of aliphatic hydroxyl groups is 1. The van der Waals surface area contributed by atoms with Crippen LogP contribution in [0.25, 0.3) is 5.57 Å². The molecule has 1 aliphatic heterocycles. The van der Waals surface area contributed by atoms with Gasteiger partial charge in [-0.1, -0.05) is 78.9 Å². The van der Waals surface area contributed by atoms with E-state index in [1.54, 1.807) is 12.4 Å². The number of carbonyl (C=O) groups is 2. The lowest BCUT2D eigenvalue weighted by Crippen LogP contribution is -2.40. The molecule has 2 aromatic heterocycles. The predicted octanol–water partition coefficient (Wildman–Crippen LogP) is 5.41. The van der Waals surface area contributed by atoms with Crippen LogP contribution in [0.3, 0.4) is 0 Å². The van der Waals surface area contributed by atoms with Gasteiger partial charge in [0.2, 0.25) is 11.8 Å². The molecule has 7 rings (SSSR count). The van der Waals surface area contributed by atoms with Gasteiger partial charge in [0, 0.05) is 35.8 Å². The highest BCUT2D eigenvalue weighted by atomic mass is 16.3. The molecule has 2 fully saturated rings. The van der Waals surface area contributed by atoms with Crippen LogP contribution in [-0.4, -0.2) is 37.8 Å². The van der Waals surface area contributed by atoms with E-state index in [0.717, 1.165) is 22.4 Å². The number of rotatable bonds is 6. The van der Waals surface area contributed by atoms with Crippen molar-refractivity contribution in [2.24, 2.45) is 23.7 Å². The predicted molar refractivity (Wildman–Crippen MR) is 159 cm³/mol. The Kier molecular flexibility index (Phi) is 6.24. The Bertz CT molecular complexity index is 1640. The molecule has 208 valence electrons. The molecule has 6 nitrogen and oxygen atoms in total. The molecule has 0 radical (unpaired) electrons. The molecule has 0 spiro atoms. The molecular formula is C36H31N3O3. The summed E-state index contributed by atoms with van der Waals surface area (Å²) >= 11 is 0. The van der Waals surface area contributed by atoms with Crippen molar-refractivity contribution < 1.29 is 14.7 Å². The molecule has 2 amide bonds. The van der Waals surface area contributed by atoms with E-state index in [9.17, 15) is 14.7 Å². The first kappa shape index (κ1) is 26.2. The van der Waals surface area contributed by atoms with Crippen molar-refractivity contribution in [1.82, 2.24) is 14.9 Å². The monoisotopic (exact) mass is 553 g/mol. The van der Waals surface area contributed by atoms with Crippen LogP contribution in [0.4, 0.5) is 0 Å². The zero-order valence-electron chi connectivity index (χ0n) is 23.5.